The summed E-state index contributed by atoms with van der Waals surface area (Å²) in [5.74, 6) is 4.06. The van der Waals surface area contributed by atoms with E-state index in [2.05, 4.69) is 19.2 Å². The van der Waals surface area contributed by atoms with Crippen LogP contribution in [0.3, 0.4) is 0 Å². The van der Waals surface area contributed by atoms with Crippen molar-refractivity contribution in [1.82, 2.24) is 5.32 Å². The molecular weight excluding hydrogens is 401 g/mol. The van der Waals surface area contributed by atoms with Gasteiger partial charge in [-0.15, -0.1) is 0 Å². The summed E-state index contributed by atoms with van der Waals surface area (Å²) in [5, 5.41) is 13.9. The van der Waals surface area contributed by atoms with Gasteiger partial charge in [-0.2, -0.15) is 0 Å². The van der Waals surface area contributed by atoms with E-state index in [9.17, 15) is 14.3 Å². The van der Waals surface area contributed by atoms with Crippen LogP contribution < -0.4 is 5.32 Å². The summed E-state index contributed by atoms with van der Waals surface area (Å²) in [6.45, 7) is 6.71. The maximum atomic E-state index is 13.2. The predicted octanol–water partition coefficient (Wildman–Crippen LogP) is 5.96. The van der Waals surface area contributed by atoms with E-state index in [-0.39, 0.29) is 17.8 Å². The summed E-state index contributed by atoms with van der Waals surface area (Å²) in [6.07, 6.45) is 10.8. The zero-order valence-electron chi connectivity index (χ0n) is 19.9. The van der Waals surface area contributed by atoms with Crippen molar-refractivity contribution >= 4 is 5.91 Å². The van der Waals surface area contributed by atoms with Crippen molar-refractivity contribution in [1.29, 1.82) is 0 Å². The number of amides is 1. The van der Waals surface area contributed by atoms with Gasteiger partial charge in [-0.1, -0.05) is 6.92 Å². The molecule has 4 heteroatoms. The highest BCUT2D eigenvalue weighted by molar-refractivity contribution is 5.94. The van der Waals surface area contributed by atoms with Gasteiger partial charge in [-0.05, 0) is 137 Å². The number of fused-ring (bicyclic) bond motifs is 5. The first-order valence-corrected chi connectivity index (χ1v) is 13.0. The molecule has 4 aliphatic carbocycles. The van der Waals surface area contributed by atoms with Gasteiger partial charge in [0.25, 0.3) is 5.91 Å². The molecule has 4 fully saturated rings. The number of carbonyl (C=O) groups excluding carboxylic acids is 1. The molecule has 1 aromatic carbocycles. The van der Waals surface area contributed by atoms with Gasteiger partial charge in [0.15, 0.2) is 0 Å². The second kappa shape index (κ2) is 8.11. The van der Waals surface area contributed by atoms with E-state index in [0.29, 0.717) is 16.9 Å². The van der Waals surface area contributed by atoms with Crippen molar-refractivity contribution in [2.75, 3.05) is 0 Å². The summed E-state index contributed by atoms with van der Waals surface area (Å²) in [5.41, 5.74) is 0.380. The molecule has 4 aliphatic rings. The van der Waals surface area contributed by atoms with Crippen LogP contribution in [0.25, 0.3) is 0 Å². The molecule has 0 saturated heterocycles. The zero-order valence-corrected chi connectivity index (χ0v) is 19.9. The molecule has 32 heavy (non-hydrogen) atoms. The molecular formula is C28H40FNO2. The molecule has 5 rings (SSSR count). The van der Waals surface area contributed by atoms with E-state index in [4.69, 9.17) is 0 Å². The molecule has 2 N–H and O–H groups in total. The van der Waals surface area contributed by atoms with E-state index in [0.717, 1.165) is 42.4 Å². The van der Waals surface area contributed by atoms with Gasteiger partial charge in [0.2, 0.25) is 0 Å². The second-order valence-corrected chi connectivity index (χ2v) is 12.2. The predicted molar refractivity (Wildman–Crippen MR) is 125 cm³/mol. The Morgan fingerprint density at radius 2 is 1.72 bits per heavy atom. The smallest absolute Gasteiger partial charge is 0.251 e. The van der Waals surface area contributed by atoms with Crippen LogP contribution in [-0.2, 0) is 0 Å². The number of nitrogens with one attached hydrogen (secondary N) is 1. The van der Waals surface area contributed by atoms with E-state index in [1.807, 2.05) is 6.92 Å². The van der Waals surface area contributed by atoms with Crippen LogP contribution in [0.2, 0.25) is 0 Å². The van der Waals surface area contributed by atoms with Crippen LogP contribution in [0.4, 0.5) is 4.39 Å². The maximum absolute atomic E-state index is 13.2. The number of hydrogen-bond acceptors (Lipinski definition) is 2. The SMILES string of the molecule is C[C@H](NC(=O)c1ccc(F)cc1)C1CC[C@H]2[C@@H]3CC[C@@H]4C[C@](C)(O)CC[C@@H]4[C@H]3CC[C@]12C. The number of hydrogen-bond donors (Lipinski definition) is 2. The van der Waals surface area contributed by atoms with Crippen LogP contribution in [-0.4, -0.2) is 22.7 Å². The highest BCUT2D eigenvalue weighted by Gasteiger charge is 2.58. The molecule has 1 aromatic rings. The number of aliphatic hydroxyl groups is 1. The highest BCUT2D eigenvalue weighted by Crippen LogP contribution is 2.65. The second-order valence-electron chi connectivity index (χ2n) is 12.2. The first kappa shape index (κ1) is 22.4. The Morgan fingerprint density at radius 1 is 1.00 bits per heavy atom. The lowest BCUT2D eigenvalue weighted by Gasteiger charge is -2.57. The van der Waals surface area contributed by atoms with Gasteiger partial charge in [0, 0.05) is 11.6 Å². The molecule has 0 radical (unpaired) electrons. The fourth-order valence-electron chi connectivity index (χ4n) is 8.94. The van der Waals surface area contributed by atoms with Crippen LogP contribution in [0.15, 0.2) is 24.3 Å². The average molecular weight is 442 g/mol. The molecule has 0 aliphatic heterocycles. The summed E-state index contributed by atoms with van der Waals surface area (Å²) >= 11 is 0. The van der Waals surface area contributed by atoms with Gasteiger partial charge >= 0.3 is 0 Å². The lowest BCUT2D eigenvalue weighted by Crippen LogP contribution is -2.52. The zero-order chi connectivity index (χ0) is 22.7. The molecule has 0 heterocycles. The van der Waals surface area contributed by atoms with Gasteiger partial charge in [0.1, 0.15) is 5.82 Å². The minimum atomic E-state index is -0.451. The Balaban J connectivity index is 1.27. The van der Waals surface area contributed by atoms with Gasteiger partial charge in [-0.3, -0.25) is 4.79 Å². The van der Waals surface area contributed by atoms with Crippen LogP contribution in [0.5, 0.6) is 0 Å². The Kier molecular flexibility index (Phi) is 5.67. The molecule has 4 saturated carbocycles. The fraction of sp³-hybridized carbons (Fsp3) is 0.750. The molecule has 0 bridgehead atoms. The third-order valence-electron chi connectivity index (χ3n) is 10.4. The Morgan fingerprint density at radius 3 is 2.47 bits per heavy atom. The van der Waals surface area contributed by atoms with Crippen LogP contribution in [0, 0.1) is 46.7 Å². The standard InChI is InChI=1S/C28H40FNO2/c1-17(30-26(31)18-4-7-20(29)8-5-18)24-10-11-25-23-9-6-19-16-27(2,32)14-12-21(19)22(23)13-15-28(24,25)3/h4-5,7-8,17,19,21-25,32H,6,9-16H2,1-3H3,(H,30,31)/t17-,19+,21-,22+,23+,24?,25-,27+,28+/m0/s1. The van der Waals surface area contributed by atoms with Crippen LogP contribution in [0.1, 0.15) is 88.9 Å². The van der Waals surface area contributed by atoms with Crippen molar-refractivity contribution in [2.24, 2.45) is 40.9 Å². The van der Waals surface area contributed by atoms with E-state index >= 15 is 0 Å². The summed E-state index contributed by atoms with van der Waals surface area (Å²) < 4.78 is 13.2. The average Bonchev–Trinajstić information content (AvgIpc) is 3.10. The lowest BCUT2D eigenvalue weighted by atomic mass is 9.49. The Labute approximate surface area is 192 Å². The van der Waals surface area contributed by atoms with Gasteiger partial charge in [-0.25, -0.2) is 4.39 Å². The summed E-state index contributed by atoms with van der Waals surface area (Å²) in [7, 11) is 0. The number of halogens is 1. The van der Waals surface area contributed by atoms with Crippen molar-refractivity contribution in [3.05, 3.63) is 35.6 Å². The molecule has 176 valence electrons. The van der Waals surface area contributed by atoms with Gasteiger partial charge < -0.3 is 10.4 Å². The number of carbonyl (C=O) groups is 1. The van der Waals surface area contributed by atoms with Gasteiger partial charge in [0.05, 0.1) is 5.60 Å². The minimum absolute atomic E-state index is 0.0898. The first-order valence-electron chi connectivity index (χ1n) is 13.0. The quantitative estimate of drug-likeness (QED) is 0.608. The Hall–Kier alpha value is -1.42. The van der Waals surface area contributed by atoms with Crippen LogP contribution >= 0.6 is 0 Å². The summed E-state index contributed by atoms with van der Waals surface area (Å²) in [6, 6.07) is 5.98. The first-order chi connectivity index (χ1) is 15.2. The number of rotatable bonds is 3. The number of benzene rings is 1. The third kappa shape index (κ3) is 3.81. The minimum Gasteiger partial charge on any atom is -0.390 e. The molecule has 1 amide bonds. The largest absolute Gasteiger partial charge is 0.390 e. The lowest BCUT2D eigenvalue weighted by molar-refractivity contribution is -0.101. The van der Waals surface area contributed by atoms with E-state index in [1.165, 1.54) is 57.1 Å². The van der Waals surface area contributed by atoms with Crippen molar-refractivity contribution in [2.45, 2.75) is 90.2 Å². The normalized spacial score (nSPS) is 44.2. The monoisotopic (exact) mass is 441 g/mol. The fourth-order valence-corrected chi connectivity index (χ4v) is 8.94. The maximum Gasteiger partial charge on any atom is 0.251 e. The molecule has 3 nitrogen and oxygen atoms in total. The van der Waals surface area contributed by atoms with Crippen molar-refractivity contribution in [3.8, 4) is 0 Å². The molecule has 1 unspecified atom stereocenters. The molecule has 0 aromatic heterocycles. The highest BCUT2D eigenvalue weighted by atomic mass is 19.1. The topological polar surface area (TPSA) is 49.3 Å². The van der Waals surface area contributed by atoms with E-state index in [1.54, 1.807) is 12.1 Å². The third-order valence-corrected chi connectivity index (χ3v) is 10.4. The molecule has 0 spiro atoms. The molecule has 9 atom stereocenters. The summed E-state index contributed by atoms with van der Waals surface area (Å²) in [4.78, 5) is 12.8. The van der Waals surface area contributed by atoms with Crippen molar-refractivity contribution in [3.63, 3.8) is 0 Å². The Bertz CT molecular complexity index is 851. The van der Waals surface area contributed by atoms with E-state index < -0.39 is 5.60 Å². The van der Waals surface area contributed by atoms with Crippen molar-refractivity contribution < 1.29 is 14.3 Å².